The number of para-hydroxylation sites is 2. The van der Waals surface area contributed by atoms with Crippen LogP contribution in [0.25, 0.3) is 11.0 Å². The van der Waals surface area contributed by atoms with Gasteiger partial charge in [0.25, 0.3) is 5.69 Å². The molecule has 0 aliphatic rings. The maximum atomic E-state index is 10.6. The highest BCUT2D eigenvalue weighted by Crippen LogP contribution is 2.17. The number of hydrogen-bond acceptors (Lipinski definition) is 6. The smallest absolute Gasteiger partial charge is 0.269 e. The maximum Gasteiger partial charge on any atom is 0.269 e. The Bertz CT molecular complexity index is 883. The summed E-state index contributed by atoms with van der Waals surface area (Å²) < 4.78 is 5.62. The summed E-state index contributed by atoms with van der Waals surface area (Å²) in [6.45, 7) is 2.11. The number of hydrogen-bond donors (Lipinski definition) is 0. The standard InChI is InChI=1S/C19H20N4O3/c1-22(14-15-13-20-18-5-2-3-6-19(18)21-15)11-4-12-26-17-9-7-16(8-10-17)23(24)25/h2-3,5-10,13H,4,11-12,14H2,1H3. The quantitative estimate of drug-likeness (QED) is 0.351. The van der Waals surface area contributed by atoms with Crippen LogP contribution in [-0.4, -0.2) is 40.0 Å². The molecule has 2 aromatic carbocycles. The Morgan fingerprint density at radius 1 is 1.12 bits per heavy atom. The molecule has 134 valence electrons. The van der Waals surface area contributed by atoms with Gasteiger partial charge in [-0.3, -0.25) is 15.1 Å². The van der Waals surface area contributed by atoms with Crippen LogP contribution in [0.5, 0.6) is 5.75 Å². The first-order valence-electron chi connectivity index (χ1n) is 8.38. The Kier molecular flexibility index (Phi) is 5.70. The van der Waals surface area contributed by atoms with Crippen molar-refractivity contribution in [2.75, 3.05) is 20.2 Å². The van der Waals surface area contributed by atoms with E-state index < -0.39 is 4.92 Å². The van der Waals surface area contributed by atoms with Crippen molar-refractivity contribution in [3.8, 4) is 5.75 Å². The summed E-state index contributed by atoms with van der Waals surface area (Å²) in [7, 11) is 2.03. The topological polar surface area (TPSA) is 81.4 Å². The van der Waals surface area contributed by atoms with Crippen LogP contribution in [0.1, 0.15) is 12.1 Å². The highest BCUT2D eigenvalue weighted by Gasteiger charge is 2.06. The Morgan fingerprint density at radius 3 is 2.58 bits per heavy atom. The molecule has 0 spiro atoms. The first kappa shape index (κ1) is 17.8. The van der Waals surface area contributed by atoms with Crippen LogP contribution in [0, 0.1) is 10.1 Å². The third-order valence-corrected chi connectivity index (χ3v) is 3.93. The van der Waals surface area contributed by atoms with Crippen molar-refractivity contribution in [1.82, 2.24) is 14.9 Å². The number of rotatable bonds is 8. The van der Waals surface area contributed by atoms with Crippen LogP contribution in [0.2, 0.25) is 0 Å². The summed E-state index contributed by atoms with van der Waals surface area (Å²) >= 11 is 0. The van der Waals surface area contributed by atoms with E-state index in [1.807, 2.05) is 37.5 Å². The molecule has 0 unspecified atom stereocenters. The molecule has 0 bridgehead atoms. The Hall–Kier alpha value is -3.06. The molecular formula is C19H20N4O3. The van der Waals surface area contributed by atoms with E-state index in [1.165, 1.54) is 12.1 Å². The van der Waals surface area contributed by atoms with Crippen LogP contribution in [-0.2, 0) is 6.54 Å². The molecule has 0 radical (unpaired) electrons. The molecule has 1 heterocycles. The molecule has 0 aliphatic carbocycles. The van der Waals surface area contributed by atoms with Crippen molar-refractivity contribution in [3.05, 3.63) is 70.5 Å². The average Bonchev–Trinajstić information content (AvgIpc) is 2.65. The van der Waals surface area contributed by atoms with Crippen LogP contribution >= 0.6 is 0 Å². The normalized spacial score (nSPS) is 11.0. The zero-order valence-electron chi connectivity index (χ0n) is 14.5. The number of nitrogens with zero attached hydrogens (tertiary/aromatic N) is 4. The molecule has 1 aromatic heterocycles. The summed E-state index contributed by atoms with van der Waals surface area (Å²) in [5.41, 5.74) is 2.80. The van der Waals surface area contributed by atoms with Gasteiger partial charge in [-0.25, -0.2) is 4.98 Å². The number of aromatic nitrogens is 2. The molecule has 0 atom stereocenters. The maximum absolute atomic E-state index is 10.6. The molecule has 0 saturated carbocycles. The van der Waals surface area contributed by atoms with E-state index >= 15 is 0 Å². The van der Waals surface area contributed by atoms with E-state index in [0.717, 1.165) is 36.2 Å². The van der Waals surface area contributed by atoms with E-state index in [4.69, 9.17) is 4.74 Å². The number of benzene rings is 2. The van der Waals surface area contributed by atoms with Gasteiger partial charge in [0, 0.05) is 25.2 Å². The van der Waals surface area contributed by atoms with Gasteiger partial charge >= 0.3 is 0 Å². The molecule has 0 N–H and O–H groups in total. The third-order valence-electron chi connectivity index (χ3n) is 3.93. The molecule has 7 heteroatoms. The Balaban J connectivity index is 1.43. The number of fused-ring (bicyclic) bond motifs is 1. The lowest BCUT2D eigenvalue weighted by atomic mass is 10.3. The molecule has 0 amide bonds. The lowest BCUT2D eigenvalue weighted by molar-refractivity contribution is -0.384. The van der Waals surface area contributed by atoms with Crippen LogP contribution in [0.4, 0.5) is 5.69 Å². The van der Waals surface area contributed by atoms with Gasteiger partial charge in [0.05, 0.1) is 34.5 Å². The minimum absolute atomic E-state index is 0.0635. The van der Waals surface area contributed by atoms with Crippen molar-refractivity contribution in [2.45, 2.75) is 13.0 Å². The fraction of sp³-hybridized carbons (Fsp3) is 0.263. The molecule has 7 nitrogen and oxygen atoms in total. The first-order chi connectivity index (χ1) is 12.6. The second-order valence-electron chi connectivity index (χ2n) is 6.04. The monoisotopic (exact) mass is 352 g/mol. The van der Waals surface area contributed by atoms with Crippen LogP contribution < -0.4 is 4.74 Å². The molecule has 0 aliphatic heterocycles. The number of nitro benzene ring substituents is 1. The predicted octanol–water partition coefficient (Wildman–Crippen LogP) is 3.44. The van der Waals surface area contributed by atoms with Gasteiger partial charge < -0.3 is 9.64 Å². The van der Waals surface area contributed by atoms with Crippen molar-refractivity contribution in [1.29, 1.82) is 0 Å². The van der Waals surface area contributed by atoms with Crippen molar-refractivity contribution >= 4 is 16.7 Å². The van der Waals surface area contributed by atoms with E-state index in [2.05, 4.69) is 14.9 Å². The van der Waals surface area contributed by atoms with Gasteiger partial charge in [0.2, 0.25) is 0 Å². The van der Waals surface area contributed by atoms with E-state index in [9.17, 15) is 10.1 Å². The largest absolute Gasteiger partial charge is 0.494 e. The summed E-state index contributed by atoms with van der Waals surface area (Å²) in [6.07, 6.45) is 2.65. The number of ether oxygens (including phenoxy) is 1. The van der Waals surface area contributed by atoms with Crippen LogP contribution in [0.15, 0.2) is 54.7 Å². The van der Waals surface area contributed by atoms with Gasteiger partial charge in [-0.2, -0.15) is 0 Å². The highest BCUT2D eigenvalue weighted by molar-refractivity contribution is 5.73. The van der Waals surface area contributed by atoms with E-state index in [1.54, 1.807) is 12.1 Å². The van der Waals surface area contributed by atoms with Gasteiger partial charge in [-0.15, -0.1) is 0 Å². The number of non-ortho nitro benzene ring substituents is 1. The molecule has 3 rings (SSSR count). The van der Waals surface area contributed by atoms with E-state index in [-0.39, 0.29) is 5.69 Å². The lowest BCUT2D eigenvalue weighted by Crippen LogP contribution is -2.21. The minimum atomic E-state index is -0.422. The third kappa shape index (κ3) is 4.73. The summed E-state index contributed by atoms with van der Waals surface area (Å²) in [5.74, 6) is 0.638. The van der Waals surface area contributed by atoms with Gasteiger partial charge in [0.1, 0.15) is 5.75 Å². The summed E-state index contributed by atoms with van der Waals surface area (Å²) in [4.78, 5) is 21.4. The predicted molar refractivity (Wildman–Crippen MR) is 99.1 cm³/mol. The fourth-order valence-electron chi connectivity index (χ4n) is 2.62. The highest BCUT2D eigenvalue weighted by atomic mass is 16.6. The van der Waals surface area contributed by atoms with Crippen molar-refractivity contribution < 1.29 is 9.66 Å². The second-order valence-corrected chi connectivity index (χ2v) is 6.04. The molecule has 3 aromatic rings. The fourth-order valence-corrected chi connectivity index (χ4v) is 2.62. The Labute approximate surface area is 151 Å². The number of nitro groups is 1. The average molecular weight is 352 g/mol. The van der Waals surface area contributed by atoms with Crippen molar-refractivity contribution in [3.63, 3.8) is 0 Å². The molecular weight excluding hydrogens is 332 g/mol. The van der Waals surface area contributed by atoms with Gasteiger partial charge in [-0.05, 0) is 37.7 Å². The minimum Gasteiger partial charge on any atom is -0.494 e. The first-order valence-corrected chi connectivity index (χ1v) is 8.38. The molecule has 0 saturated heterocycles. The zero-order chi connectivity index (χ0) is 18.4. The van der Waals surface area contributed by atoms with Gasteiger partial charge in [0.15, 0.2) is 0 Å². The lowest BCUT2D eigenvalue weighted by Gasteiger charge is -2.16. The zero-order valence-corrected chi connectivity index (χ0v) is 14.5. The summed E-state index contributed by atoms with van der Waals surface area (Å²) in [6, 6.07) is 13.9. The van der Waals surface area contributed by atoms with E-state index in [0.29, 0.717) is 12.4 Å². The van der Waals surface area contributed by atoms with Crippen LogP contribution in [0.3, 0.4) is 0 Å². The Morgan fingerprint density at radius 2 is 1.85 bits per heavy atom. The SMILES string of the molecule is CN(CCCOc1ccc([N+](=O)[O-])cc1)Cc1cnc2ccccc2n1. The summed E-state index contributed by atoms with van der Waals surface area (Å²) in [5, 5.41) is 10.6. The molecule has 26 heavy (non-hydrogen) atoms. The van der Waals surface area contributed by atoms with Gasteiger partial charge in [-0.1, -0.05) is 12.1 Å². The second kappa shape index (κ2) is 8.35. The molecule has 0 fully saturated rings. The van der Waals surface area contributed by atoms with Crippen molar-refractivity contribution in [2.24, 2.45) is 0 Å².